The van der Waals surface area contributed by atoms with Crippen molar-refractivity contribution in [2.75, 3.05) is 18.5 Å². The van der Waals surface area contributed by atoms with E-state index in [0.29, 0.717) is 17.9 Å². The van der Waals surface area contributed by atoms with E-state index in [9.17, 15) is 4.79 Å². The number of carbonyl (C=O) groups excluding carboxylic acids is 1. The Kier molecular flexibility index (Phi) is 2.80. The summed E-state index contributed by atoms with van der Waals surface area (Å²) in [4.78, 5) is 13.5. The van der Waals surface area contributed by atoms with E-state index in [0.717, 1.165) is 22.7 Å². The number of para-hydroxylation sites is 1. The maximum Gasteiger partial charge on any atom is 0.197 e. The Labute approximate surface area is 109 Å². The van der Waals surface area contributed by atoms with Gasteiger partial charge in [0.25, 0.3) is 0 Å². The number of hydrogen-bond acceptors (Lipinski definition) is 4. The molecule has 0 unspecified atom stereocenters. The lowest BCUT2D eigenvalue weighted by Crippen LogP contribution is -2.20. The van der Waals surface area contributed by atoms with Crippen molar-refractivity contribution in [1.29, 1.82) is 0 Å². The van der Waals surface area contributed by atoms with Crippen LogP contribution in [0.1, 0.15) is 20.8 Å². The number of carbonyl (C=O) groups is 1. The summed E-state index contributed by atoms with van der Waals surface area (Å²) in [5.74, 6) is 0.716. The second-order valence-corrected chi connectivity index (χ2v) is 5.30. The molecule has 0 bridgehead atoms. The van der Waals surface area contributed by atoms with Gasteiger partial charge in [0, 0.05) is 17.0 Å². The van der Waals surface area contributed by atoms with Crippen molar-refractivity contribution in [3.05, 3.63) is 45.6 Å². The molecule has 3 nitrogen and oxygen atoms in total. The van der Waals surface area contributed by atoms with Crippen molar-refractivity contribution < 1.29 is 9.53 Å². The molecule has 0 spiro atoms. The fourth-order valence-corrected chi connectivity index (χ4v) is 2.81. The first-order valence-electron chi connectivity index (χ1n) is 5.86. The molecule has 1 aromatic carbocycles. The fourth-order valence-electron chi connectivity index (χ4n) is 2.11. The van der Waals surface area contributed by atoms with Crippen molar-refractivity contribution in [1.82, 2.24) is 0 Å². The first kappa shape index (κ1) is 11.3. The minimum atomic E-state index is 0.0364. The van der Waals surface area contributed by atoms with Gasteiger partial charge in [-0.1, -0.05) is 6.07 Å². The quantitative estimate of drug-likeness (QED) is 0.842. The lowest BCUT2D eigenvalue weighted by atomic mass is 10.0. The topological polar surface area (TPSA) is 38.3 Å². The minimum absolute atomic E-state index is 0.0364. The van der Waals surface area contributed by atoms with Crippen molar-refractivity contribution in [2.45, 2.75) is 6.92 Å². The van der Waals surface area contributed by atoms with Crippen LogP contribution in [0.3, 0.4) is 0 Å². The molecule has 0 saturated heterocycles. The number of ketones is 1. The molecule has 18 heavy (non-hydrogen) atoms. The third kappa shape index (κ3) is 1.78. The zero-order chi connectivity index (χ0) is 12.5. The molecule has 0 amide bonds. The molecular weight excluding hydrogens is 246 g/mol. The number of aryl methyl sites for hydroxylation is 1. The summed E-state index contributed by atoms with van der Waals surface area (Å²) >= 11 is 1.59. The molecule has 1 aliphatic heterocycles. The van der Waals surface area contributed by atoms with Crippen LogP contribution in [0.15, 0.2) is 29.6 Å². The van der Waals surface area contributed by atoms with Crippen LogP contribution >= 0.6 is 11.3 Å². The van der Waals surface area contributed by atoms with Gasteiger partial charge in [-0.3, -0.25) is 4.79 Å². The van der Waals surface area contributed by atoms with E-state index in [1.165, 1.54) is 0 Å². The van der Waals surface area contributed by atoms with Crippen molar-refractivity contribution >= 4 is 22.8 Å². The third-order valence-corrected chi connectivity index (χ3v) is 3.87. The smallest absolute Gasteiger partial charge is 0.197 e. The Morgan fingerprint density at radius 2 is 2.22 bits per heavy atom. The molecule has 1 N–H and O–H groups in total. The first-order valence-corrected chi connectivity index (χ1v) is 6.74. The number of benzene rings is 1. The highest BCUT2D eigenvalue weighted by Crippen LogP contribution is 2.33. The van der Waals surface area contributed by atoms with Gasteiger partial charge in [-0.25, -0.2) is 0 Å². The van der Waals surface area contributed by atoms with E-state index in [-0.39, 0.29) is 5.78 Å². The van der Waals surface area contributed by atoms with Crippen LogP contribution in [0, 0.1) is 6.92 Å². The SMILES string of the molecule is Cc1sccc1C(=O)c1cccc2c1OCCN2. The first-order chi connectivity index (χ1) is 8.77. The Morgan fingerprint density at radius 3 is 3.00 bits per heavy atom. The molecule has 0 radical (unpaired) electrons. The van der Waals surface area contributed by atoms with E-state index in [1.54, 1.807) is 11.3 Å². The minimum Gasteiger partial charge on any atom is -0.489 e. The second kappa shape index (κ2) is 4.46. The molecular formula is C14H13NO2S. The summed E-state index contributed by atoms with van der Waals surface area (Å²) in [6.45, 7) is 3.34. The average molecular weight is 259 g/mol. The standard InChI is InChI=1S/C14H13NO2S/c1-9-10(5-8-18-9)13(16)11-3-2-4-12-14(11)17-7-6-15-12/h2-5,8,15H,6-7H2,1H3. The van der Waals surface area contributed by atoms with Crippen LogP contribution in [0.25, 0.3) is 0 Å². The fraction of sp³-hybridized carbons (Fsp3) is 0.214. The number of hydrogen-bond donors (Lipinski definition) is 1. The molecule has 1 aliphatic rings. The van der Waals surface area contributed by atoms with E-state index in [4.69, 9.17) is 4.74 Å². The monoisotopic (exact) mass is 259 g/mol. The maximum absolute atomic E-state index is 12.5. The van der Waals surface area contributed by atoms with Crippen LogP contribution in [-0.2, 0) is 0 Å². The normalized spacial score (nSPS) is 13.4. The molecule has 4 heteroatoms. The number of nitrogens with one attached hydrogen (secondary N) is 1. The molecule has 0 aliphatic carbocycles. The Morgan fingerprint density at radius 1 is 1.33 bits per heavy atom. The summed E-state index contributed by atoms with van der Waals surface area (Å²) < 4.78 is 5.63. The van der Waals surface area contributed by atoms with Crippen LogP contribution in [0.4, 0.5) is 5.69 Å². The Bertz CT molecular complexity index is 604. The van der Waals surface area contributed by atoms with E-state index in [1.807, 2.05) is 36.6 Å². The number of anilines is 1. The molecule has 3 rings (SSSR count). The number of rotatable bonds is 2. The number of ether oxygens (including phenoxy) is 1. The van der Waals surface area contributed by atoms with E-state index in [2.05, 4.69) is 5.32 Å². The molecule has 1 aromatic heterocycles. The second-order valence-electron chi connectivity index (χ2n) is 4.18. The van der Waals surface area contributed by atoms with Crippen molar-refractivity contribution in [3.63, 3.8) is 0 Å². The Hall–Kier alpha value is -1.81. The maximum atomic E-state index is 12.5. The Balaban J connectivity index is 2.07. The molecule has 0 fully saturated rings. The van der Waals surface area contributed by atoms with Gasteiger partial charge in [0.05, 0.1) is 11.3 Å². The average Bonchev–Trinajstić information content (AvgIpc) is 2.83. The van der Waals surface area contributed by atoms with E-state index < -0.39 is 0 Å². The zero-order valence-corrected chi connectivity index (χ0v) is 10.8. The van der Waals surface area contributed by atoms with Gasteiger partial charge in [-0.05, 0) is 30.5 Å². The highest BCUT2D eigenvalue weighted by molar-refractivity contribution is 7.10. The van der Waals surface area contributed by atoms with Gasteiger partial charge in [0.1, 0.15) is 6.61 Å². The van der Waals surface area contributed by atoms with Gasteiger partial charge in [-0.2, -0.15) is 0 Å². The van der Waals surface area contributed by atoms with Gasteiger partial charge < -0.3 is 10.1 Å². The van der Waals surface area contributed by atoms with Gasteiger partial charge in [0.2, 0.25) is 0 Å². The van der Waals surface area contributed by atoms with Crippen LogP contribution in [0.2, 0.25) is 0 Å². The molecule has 2 heterocycles. The van der Waals surface area contributed by atoms with Gasteiger partial charge in [-0.15, -0.1) is 11.3 Å². The largest absolute Gasteiger partial charge is 0.489 e. The lowest BCUT2D eigenvalue weighted by molar-refractivity contribution is 0.103. The predicted molar refractivity (Wildman–Crippen MR) is 72.9 cm³/mol. The summed E-state index contributed by atoms with van der Waals surface area (Å²) in [6, 6.07) is 7.52. The summed E-state index contributed by atoms with van der Waals surface area (Å²) in [7, 11) is 0. The van der Waals surface area contributed by atoms with Crippen molar-refractivity contribution in [3.8, 4) is 5.75 Å². The van der Waals surface area contributed by atoms with Gasteiger partial charge in [0.15, 0.2) is 11.5 Å². The zero-order valence-electron chi connectivity index (χ0n) is 10.0. The van der Waals surface area contributed by atoms with Crippen LogP contribution in [0.5, 0.6) is 5.75 Å². The molecule has 92 valence electrons. The van der Waals surface area contributed by atoms with Gasteiger partial charge >= 0.3 is 0 Å². The van der Waals surface area contributed by atoms with Crippen LogP contribution in [-0.4, -0.2) is 18.9 Å². The molecule has 0 saturated carbocycles. The lowest BCUT2D eigenvalue weighted by Gasteiger charge is -2.21. The predicted octanol–water partition coefficient (Wildman–Crippen LogP) is 3.09. The van der Waals surface area contributed by atoms with E-state index >= 15 is 0 Å². The summed E-state index contributed by atoms with van der Waals surface area (Å²) in [5.41, 5.74) is 2.31. The number of fused-ring (bicyclic) bond motifs is 1. The third-order valence-electron chi connectivity index (χ3n) is 3.03. The number of thiophene rings is 1. The van der Waals surface area contributed by atoms with Crippen molar-refractivity contribution in [2.24, 2.45) is 0 Å². The summed E-state index contributed by atoms with van der Waals surface area (Å²) in [5, 5.41) is 5.18. The molecule has 2 aromatic rings. The molecule has 0 atom stereocenters. The van der Waals surface area contributed by atoms with Crippen LogP contribution < -0.4 is 10.1 Å². The highest BCUT2D eigenvalue weighted by atomic mass is 32.1. The summed E-state index contributed by atoms with van der Waals surface area (Å²) in [6.07, 6.45) is 0. The highest BCUT2D eigenvalue weighted by Gasteiger charge is 2.21.